The molecule has 1 saturated carbocycles. The van der Waals surface area contributed by atoms with Crippen LogP contribution in [0.4, 0.5) is 0 Å². The van der Waals surface area contributed by atoms with Crippen molar-refractivity contribution in [2.45, 2.75) is 50.0 Å². The van der Waals surface area contributed by atoms with Gasteiger partial charge in [0.1, 0.15) is 11.5 Å². The molecule has 41 heavy (non-hydrogen) atoms. The molecule has 5 aromatic rings. The second-order valence-electron chi connectivity index (χ2n) is 11.9. The Hall–Kier alpha value is -4.30. The molecule has 1 heterocycles. The highest BCUT2D eigenvalue weighted by atomic mass is 16.5. The van der Waals surface area contributed by atoms with Crippen LogP contribution in [0.5, 0.6) is 11.5 Å². The molecule has 0 N–H and O–H groups in total. The lowest BCUT2D eigenvalue weighted by Crippen LogP contribution is -2.35. The van der Waals surface area contributed by atoms with Crippen LogP contribution < -0.4 is 9.47 Å². The Morgan fingerprint density at radius 2 is 1.49 bits per heavy atom. The summed E-state index contributed by atoms with van der Waals surface area (Å²) in [6.07, 6.45) is 9.73. The maximum Gasteiger partial charge on any atom is 0.178 e. The van der Waals surface area contributed by atoms with E-state index in [0.717, 1.165) is 28.0 Å². The maximum atomic E-state index is 7.44. The quantitative estimate of drug-likeness (QED) is 0.229. The van der Waals surface area contributed by atoms with Crippen LogP contribution in [0.3, 0.4) is 0 Å². The van der Waals surface area contributed by atoms with E-state index in [4.69, 9.17) is 9.47 Å². The first-order valence-corrected chi connectivity index (χ1v) is 15.0. The molecule has 5 aromatic carbocycles. The van der Waals surface area contributed by atoms with E-state index >= 15 is 0 Å². The molecule has 3 atom stereocenters. The van der Waals surface area contributed by atoms with Crippen molar-refractivity contribution in [2.24, 2.45) is 0 Å². The van der Waals surface area contributed by atoms with Gasteiger partial charge in [-0.25, -0.2) is 0 Å². The number of benzene rings is 5. The van der Waals surface area contributed by atoms with Crippen molar-refractivity contribution in [3.8, 4) is 22.6 Å². The summed E-state index contributed by atoms with van der Waals surface area (Å²) in [4.78, 5) is 0. The lowest BCUT2D eigenvalue weighted by molar-refractivity contribution is 0.163. The van der Waals surface area contributed by atoms with E-state index in [2.05, 4.69) is 116 Å². The molecule has 1 aliphatic heterocycles. The van der Waals surface area contributed by atoms with E-state index in [9.17, 15) is 0 Å². The standard InChI is InChI=1S/C39H34O2/c1-25-16-18-27(19-17-25)39(26-10-4-3-5-11-26)23-22-34-37-32-15-9-7-13-30(32)29-12-6-8-14-31(29)36(37)33-21-20-28(40-2)24-35(33)38(34)41-39/h3-6,8,10-12,14,16-24,30,32H,7,9,13,15H2,1-2H3. The van der Waals surface area contributed by atoms with Gasteiger partial charge in [0.15, 0.2) is 5.60 Å². The summed E-state index contributed by atoms with van der Waals surface area (Å²) in [5.41, 5.74) is 9.76. The molecule has 3 aliphatic rings. The molecule has 0 radical (unpaired) electrons. The molecule has 0 amide bonds. The Kier molecular flexibility index (Phi) is 5.60. The molecule has 2 aliphatic carbocycles. The smallest absolute Gasteiger partial charge is 0.178 e. The van der Waals surface area contributed by atoms with Crippen molar-refractivity contribution >= 4 is 16.8 Å². The van der Waals surface area contributed by atoms with Crippen molar-refractivity contribution in [3.63, 3.8) is 0 Å². The van der Waals surface area contributed by atoms with E-state index in [-0.39, 0.29) is 0 Å². The molecule has 2 nitrogen and oxygen atoms in total. The summed E-state index contributed by atoms with van der Waals surface area (Å²) in [6, 6.07) is 35.1. The van der Waals surface area contributed by atoms with E-state index in [1.54, 1.807) is 7.11 Å². The van der Waals surface area contributed by atoms with Crippen molar-refractivity contribution in [1.29, 1.82) is 0 Å². The number of hydrogen-bond donors (Lipinski definition) is 0. The summed E-state index contributed by atoms with van der Waals surface area (Å²) in [5.74, 6) is 2.86. The van der Waals surface area contributed by atoms with Gasteiger partial charge in [-0.3, -0.25) is 0 Å². The summed E-state index contributed by atoms with van der Waals surface area (Å²) >= 11 is 0. The highest BCUT2D eigenvalue weighted by Gasteiger charge is 2.43. The van der Waals surface area contributed by atoms with Crippen molar-refractivity contribution in [3.05, 3.63) is 137 Å². The van der Waals surface area contributed by atoms with Gasteiger partial charge in [0, 0.05) is 22.1 Å². The van der Waals surface area contributed by atoms with Gasteiger partial charge in [0.05, 0.1) is 7.11 Å². The minimum atomic E-state index is -0.731. The molecule has 8 rings (SSSR count). The molecule has 0 saturated heterocycles. The fourth-order valence-electron chi connectivity index (χ4n) is 7.81. The van der Waals surface area contributed by atoms with Crippen LogP contribution in [0.1, 0.15) is 70.9 Å². The molecule has 1 fully saturated rings. The van der Waals surface area contributed by atoms with Gasteiger partial charge in [0.25, 0.3) is 0 Å². The van der Waals surface area contributed by atoms with Gasteiger partial charge in [-0.2, -0.15) is 0 Å². The maximum absolute atomic E-state index is 7.44. The topological polar surface area (TPSA) is 18.5 Å². The second-order valence-corrected chi connectivity index (χ2v) is 11.9. The van der Waals surface area contributed by atoms with E-state index < -0.39 is 5.60 Å². The molecule has 0 spiro atoms. The van der Waals surface area contributed by atoms with E-state index in [1.165, 1.54) is 64.5 Å². The molecular formula is C39H34O2. The predicted octanol–water partition coefficient (Wildman–Crippen LogP) is 9.93. The van der Waals surface area contributed by atoms with Crippen LogP contribution in [0.15, 0.2) is 103 Å². The average molecular weight is 535 g/mol. The number of hydrogen-bond acceptors (Lipinski definition) is 2. The zero-order valence-electron chi connectivity index (χ0n) is 23.7. The van der Waals surface area contributed by atoms with Crippen molar-refractivity contribution in [2.75, 3.05) is 7.11 Å². The molecule has 2 heteroatoms. The first-order chi connectivity index (χ1) is 20.2. The number of methoxy groups -OCH3 is 1. The highest BCUT2D eigenvalue weighted by molar-refractivity contribution is 6.07. The summed E-state index contributed by atoms with van der Waals surface area (Å²) in [7, 11) is 1.75. The van der Waals surface area contributed by atoms with Crippen LogP contribution in [-0.4, -0.2) is 7.11 Å². The Bertz CT molecular complexity index is 1820. The Morgan fingerprint density at radius 1 is 0.756 bits per heavy atom. The van der Waals surface area contributed by atoms with Gasteiger partial charge in [-0.1, -0.05) is 103 Å². The summed E-state index contributed by atoms with van der Waals surface area (Å²) in [5, 5.41) is 2.36. The molecule has 3 unspecified atom stereocenters. The third kappa shape index (κ3) is 3.63. The second kappa shape index (κ2) is 9.38. The van der Waals surface area contributed by atoms with Crippen molar-refractivity contribution < 1.29 is 9.47 Å². The first-order valence-electron chi connectivity index (χ1n) is 15.0. The molecule has 202 valence electrons. The van der Waals surface area contributed by atoms with Gasteiger partial charge in [0.2, 0.25) is 0 Å². The number of ether oxygens (including phenoxy) is 2. The Morgan fingerprint density at radius 3 is 2.29 bits per heavy atom. The third-order valence-corrected chi connectivity index (χ3v) is 9.74. The lowest BCUT2D eigenvalue weighted by atomic mass is 9.63. The van der Waals surface area contributed by atoms with Gasteiger partial charge in [-0.15, -0.1) is 0 Å². The predicted molar refractivity (Wildman–Crippen MR) is 168 cm³/mol. The third-order valence-electron chi connectivity index (χ3n) is 9.74. The number of aryl methyl sites for hydroxylation is 1. The normalized spacial score (nSPS) is 22.2. The van der Waals surface area contributed by atoms with Crippen LogP contribution in [0.25, 0.3) is 28.0 Å². The van der Waals surface area contributed by atoms with E-state index in [1.807, 2.05) is 0 Å². The van der Waals surface area contributed by atoms with Gasteiger partial charge >= 0.3 is 0 Å². The Balaban J connectivity index is 1.46. The average Bonchev–Trinajstić information content (AvgIpc) is 3.04. The lowest BCUT2D eigenvalue weighted by Gasteiger charge is -2.43. The monoisotopic (exact) mass is 534 g/mol. The summed E-state index contributed by atoms with van der Waals surface area (Å²) < 4.78 is 13.2. The van der Waals surface area contributed by atoms with Crippen LogP contribution in [0.2, 0.25) is 0 Å². The number of rotatable bonds is 3. The fourth-order valence-corrected chi connectivity index (χ4v) is 7.81. The summed E-state index contributed by atoms with van der Waals surface area (Å²) in [6.45, 7) is 2.14. The zero-order chi connectivity index (χ0) is 27.6. The minimum Gasteiger partial charge on any atom is -0.497 e. The van der Waals surface area contributed by atoms with Gasteiger partial charge in [-0.05, 0) is 83.5 Å². The first kappa shape index (κ1) is 24.5. The van der Waals surface area contributed by atoms with Crippen LogP contribution in [-0.2, 0) is 5.60 Å². The van der Waals surface area contributed by atoms with Crippen molar-refractivity contribution in [1.82, 2.24) is 0 Å². The number of fused-ring (bicyclic) bond motifs is 11. The Labute approximate surface area is 242 Å². The molecular weight excluding hydrogens is 500 g/mol. The van der Waals surface area contributed by atoms with Crippen LogP contribution in [0, 0.1) is 6.92 Å². The largest absolute Gasteiger partial charge is 0.497 e. The molecule has 0 bridgehead atoms. The van der Waals surface area contributed by atoms with E-state index in [0.29, 0.717) is 11.8 Å². The molecule has 0 aromatic heterocycles. The highest BCUT2D eigenvalue weighted by Crippen LogP contribution is 2.59. The zero-order valence-corrected chi connectivity index (χ0v) is 23.7. The van der Waals surface area contributed by atoms with Gasteiger partial charge < -0.3 is 9.47 Å². The minimum absolute atomic E-state index is 0.491. The fraction of sp³-hybridized carbons (Fsp3) is 0.231. The SMILES string of the molecule is COc1ccc2c3c(c4c(c2c1)OC(c1ccccc1)(c1ccc(C)cc1)C=C4)C1CCCCC1c1ccccc1-3. The van der Waals surface area contributed by atoms with Crippen LogP contribution >= 0.6 is 0 Å².